The molecule has 214 valence electrons. The third kappa shape index (κ3) is 7.18. The van der Waals surface area contributed by atoms with Gasteiger partial charge in [-0.1, -0.05) is 17.7 Å². The van der Waals surface area contributed by atoms with Gasteiger partial charge in [-0.2, -0.15) is 0 Å². The Hall–Kier alpha value is -4.49. The van der Waals surface area contributed by atoms with Crippen LogP contribution in [-0.2, 0) is 24.8 Å². The summed E-state index contributed by atoms with van der Waals surface area (Å²) in [6.45, 7) is 4.80. The van der Waals surface area contributed by atoms with Crippen molar-refractivity contribution in [1.82, 2.24) is 9.97 Å². The van der Waals surface area contributed by atoms with Crippen LogP contribution in [0.3, 0.4) is 0 Å². The predicted octanol–water partition coefficient (Wildman–Crippen LogP) is 4.05. The Labute approximate surface area is 239 Å². The second-order valence-corrected chi connectivity index (χ2v) is 12.7. The molecule has 0 radical (unpaired) electrons. The van der Waals surface area contributed by atoms with Gasteiger partial charge in [-0.3, -0.25) is 9.10 Å². The van der Waals surface area contributed by atoms with Crippen LogP contribution in [-0.4, -0.2) is 46.4 Å². The number of methoxy groups -OCH3 is 1. The van der Waals surface area contributed by atoms with Gasteiger partial charge < -0.3 is 10.1 Å². The van der Waals surface area contributed by atoms with E-state index in [9.17, 15) is 21.6 Å². The molecule has 0 unspecified atom stereocenters. The molecular weight excluding hydrogens is 566 g/mol. The first-order valence-corrected chi connectivity index (χ1v) is 15.3. The number of aryl methyl sites for hydroxylation is 3. The van der Waals surface area contributed by atoms with E-state index in [1.807, 2.05) is 6.92 Å². The summed E-state index contributed by atoms with van der Waals surface area (Å²) in [6, 6.07) is 19.8. The van der Waals surface area contributed by atoms with Crippen molar-refractivity contribution in [3.05, 3.63) is 95.8 Å². The normalized spacial score (nSPS) is 11.5. The van der Waals surface area contributed by atoms with Crippen LogP contribution in [0.2, 0.25) is 0 Å². The molecule has 11 nitrogen and oxygen atoms in total. The molecule has 2 N–H and O–H groups in total. The number of amides is 1. The van der Waals surface area contributed by atoms with Gasteiger partial charge in [-0.25, -0.2) is 31.5 Å². The van der Waals surface area contributed by atoms with Crippen LogP contribution >= 0.6 is 0 Å². The lowest BCUT2D eigenvalue weighted by molar-refractivity contribution is -0.114. The summed E-state index contributed by atoms with van der Waals surface area (Å²) in [4.78, 5) is 21.1. The van der Waals surface area contributed by atoms with E-state index >= 15 is 0 Å². The highest BCUT2D eigenvalue weighted by molar-refractivity contribution is 7.93. The third-order valence-corrected chi connectivity index (χ3v) is 9.05. The van der Waals surface area contributed by atoms with Gasteiger partial charge >= 0.3 is 0 Å². The molecule has 1 amide bonds. The highest BCUT2D eigenvalue weighted by atomic mass is 32.2. The summed E-state index contributed by atoms with van der Waals surface area (Å²) in [7, 11) is -6.64. The van der Waals surface area contributed by atoms with Crippen LogP contribution in [0.25, 0.3) is 0 Å². The molecule has 0 aliphatic carbocycles. The first-order valence-electron chi connectivity index (χ1n) is 12.4. The number of carbonyl (C=O) groups excluding carboxylic acids is 1. The summed E-state index contributed by atoms with van der Waals surface area (Å²) in [5.41, 5.74) is 2.74. The maximum atomic E-state index is 13.6. The molecule has 0 atom stereocenters. The van der Waals surface area contributed by atoms with Crippen LogP contribution in [0.5, 0.6) is 5.75 Å². The van der Waals surface area contributed by atoms with Crippen LogP contribution in [0.1, 0.15) is 17.0 Å². The number of ether oxygens (including phenoxy) is 1. The van der Waals surface area contributed by atoms with Gasteiger partial charge in [0.1, 0.15) is 12.3 Å². The second kappa shape index (κ2) is 11.9. The van der Waals surface area contributed by atoms with Crippen molar-refractivity contribution >= 4 is 43.3 Å². The number of hydrogen-bond acceptors (Lipinski definition) is 8. The number of anilines is 3. The largest absolute Gasteiger partial charge is 0.497 e. The van der Waals surface area contributed by atoms with Crippen molar-refractivity contribution in [2.24, 2.45) is 0 Å². The average Bonchev–Trinajstić information content (AvgIpc) is 2.92. The predicted molar refractivity (Wildman–Crippen MR) is 156 cm³/mol. The summed E-state index contributed by atoms with van der Waals surface area (Å²) in [5.74, 6) is -0.181. The van der Waals surface area contributed by atoms with E-state index in [0.717, 1.165) is 9.87 Å². The molecule has 4 aromatic rings. The monoisotopic (exact) mass is 595 g/mol. The standard InChI is InChI=1S/C28H29N5O6S2/c1-19-5-9-23(10-6-19)33(41(37,38)26-15-11-24(39-4)12-16-26)18-27(34)31-22-7-13-25(14-8-22)40(35,36)32-28-29-20(2)17-21(3)30-28/h5-17H,18H2,1-4H3,(H,31,34)(H,29,30,32). The quantitative estimate of drug-likeness (QED) is 0.279. The number of sulfonamides is 2. The van der Waals surface area contributed by atoms with Crippen molar-refractivity contribution in [3.63, 3.8) is 0 Å². The summed E-state index contributed by atoms with van der Waals surface area (Å²) < 4.78 is 61.2. The maximum Gasteiger partial charge on any atom is 0.264 e. The lowest BCUT2D eigenvalue weighted by Crippen LogP contribution is -2.38. The minimum Gasteiger partial charge on any atom is -0.497 e. The Bertz CT molecular complexity index is 1740. The molecule has 0 bridgehead atoms. The zero-order chi connectivity index (χ0) is 29.8. The van der Waals surface area contributed by atoms with E-state index in [1.165, 1.54) is 55.6 Å². The van der Waals surface area contributed by atoms with Crippen LogP contribution in [0.4, 0.5) is 17.3 Å². The molecular formula is C28H29N5O6S2. The Kier molecular flexibility index (Phi) is 8.59. The van der Waals surface area contributed by atoms with E-state index in [0.29, 0.717) is 22.8 Å². The lowest BCUT2D eigenvalue weighted by atomic mass is 10.2. The molecule has 1 heterocycles. The highest BCUT2D eigenvalue weighted by Crippen LogP contribution is 2.26. The van der Waals surface area contributed by atoms with Gasteiger partial charge in [0.25, 0.3) is 20.0 Å². The van der Waals surface area contributed by atoms with Crippen molar-refractivity contribution < 1.29 is 26.4 Å². The third-order valence-electron chi connectivity index (χ3n) is 5.91. The van der Waals surface area contributed by atoms with E-state index in [4.69, 9.17) is 4.74 Å². The van der Waals surface area contributed by atoms with Crippen LogP contribution < -0.4 is 19.1 Å². The number of nitrogens with zero attached hydrogens (tertiary/aromatic N) is 3. The van der Waals surface area contributed by atoms with E-state index in [2.05, 4.69) is 20.0 Å². The summed E-state index contributed by atoms with van der Waals surface area (Å²) in [6.07, 6.45) is 0. The number of rotatable bonds is 10. The number of carbonyl (C=O) groups is 1. The van der Waals surface area contributed by atoms with Gasteiger partial charge in [0.2, 0.25) is 11.9 Å². The summed E-state index contributed by atoms with van der Waals surface area (Å²) in [5, 5.41) is 2.63. The van der Waals surface area contributed by atoms with Crippen LogP contribution in [0.15, 0.2) is 88.7 Å². The van der Waals surface area contributed by atoms with E-state index in [1.54, 1.807) is 44.2 Å². The minimum absolute atomic E-state index is 0.0125. The van der Waals surface area contributed by atoms with Gasteiger partial charge in [-0.15, -0.1) is 0 Å². The molecule has 0 saturated heterocycles. The maximum absolute atomic E-state index is 13.6. The minimum atomic E-state index is -4.12. The van der Waals surface area contributed by atoms with Crippen molar-refractivity contribution in [3.8, 4) is 5.75 Å². The molecule has 13 heteroatoms. The lowest BCUT2D eigenvalue weighted by Gasteiger charge is -2.24. The van der Waals surface area contributed by atoms with E-state index < -0.39 is 32.5 Å². The molecule has 0 spiro atoms. The Morgan fingerprint density at radius 1 is 0.805 bits per heavy atom. The number of hydrogen-bond donors (Lipinski definition) is 2. The molecule has 0 saturated carbocycles. The topological polar surface area (TPSA) is 148 Å². The Balaban J connectivity index is 1.53. The fraction of sp³-hybridized carbons (Fsp3) is 0.179. The van der Waals surface area contributed by atoms with Crippen molar-refractivity contribution in [1.29, 1.82) is 0 Å². The Morgan fingerprint density at radius 2 is 1.37 bits per heavy atom. The number of nitrogens with one attached hydrogen (secondary N) is 2. The van der Waals surface area contributed by atoms with E-state index in [-0.39, 0.29) is 21.4 Å². The second-order valence-electron chi connectivity index (χ2n) is 9.18. The molecule has 41 heavy (non-hydrogen) atoms. The zero-order valence-electron chi connectivity index (χ0n) is 22.8. The molecule has 0 aliphatic rings. The first kappa shape index (κ1) is 29.5. The average molecular weight is 596 g/mol. The molecule has 0 aliphatic heterocycles. The zero-order valence-corrected chi connectivity index (χ0v) is 24.5. The van der Waals surface area contributed by atoms with Gasteiger partial charge in [0.15, 0.2) is 0 Å². The smallest absolute Gasteiger partial charge is 0.264 e. The molecule has 4 rings (SSSR count). The Morgan fingerprint density at radius 3 is 1.93 bits per heavy atom. The molecule has 1 aromatic heterocycles. The molecule has 0 fully saturated rings. The number of aromatic nitrogens is 2. The van der Waals surface area contributed by atoms with Crippen molar-refractivity contribution in [2.45, 2.75) is 30.6 Å². The SMILES string of the molecule is COc1ccc(S(=O)(=O)N(CC(=O)Nc2ccc(S(=O)(=O)Nc3nc(C)cc(C)n3)cc2)c2ccc(C)cc2)cc1. The fourth-order valence-electron chi connectivity index (χ4n) is 3.90. The summed E-state index contributed by atoms with van der Waals surface area (Å²) >= 11 is 0. The fourth-order valence-corrected chi connectivity index (χ4v) is 6.26. The first-order chi connectivity index (χ1) is 19.4. The van der Waals surface area contributed by atoms with Crippen LogP contribution in [0, 0.1) is 20.8 Å². The highest BCUT2D eigenvalue weighted by Gasteiger charge is 2.27. The number of benzene rings is 3. The van der Waals surface area contributed by atoms with Gasteiger partial charge in [0.05, 0.1) is 22.6 Å². The van der Waals surface area contributed by atoms with Gasteiger partial charge in [0, 0.05) is 17.1 Å². The van der Waals surface area contributed by atoms with Gasteiger partial charge in [-0.05, 0) is 87.5 Å². The van der Waals surface area contributed by atoms with Crippen molar-refractivity contribution in [2.75, 3.05) is 28.0 Å². The molecule has 3 aromatic carbocycles.